The number of carbonyl (C=O) groups excluding carboxylic acids is 1. The largest absolute Gasteiger partial charge is 0.377 e. The van der Waals surface area contributed by atoms with Crippen LogP contribution in [-0.2, 0) is 22.7 Å². The lowest BCUT2D eigenvalue weighted by atomic mass is 10.1. The minimum absolute atomic E-state index is 0.163. The number of anilines is 1. The van der Waals surface area contributed by atoms with Gasteiger partial charge in [-0.1, -0.05) is 48.5 Å². The van der Waals surface area contributed by atoms with Gasteiger partial charge in [-0.15, -0.1) is 0 Å². The van der Waals surface area contributed by atoms with Gasteiger partial charge in [0, 0.05) is 25.4 Å². The number of hydrogen-bond acceptors (Lipinski definition) is 3. The van der Waals surface area contributed by atoms with E-state index >= 15 is 0 Å². The highest BCUT2D eigenvalue weighted by atomic mass is 16.5. The Bertz CT molecular complexity index is 658. The van der Waals surface area contributed by atoms with Crippen molar-refractivity contribution in [1.82, 2.24) is 4.90 Å². The number of amides is 1. The molecule has 4 nitrogen and oxygen atoms in total. The first-order valence-corrected chi connectivity index (χ1v) is 8.54. The number of carbonyl (C=O) groups is 1. The topological polar surface area (TPSA) is 41.6 Å². The molecule has 0 spiro atoms. The van der Waals surface area contributed by atoms with Crippen LogP contribution in [0.1, 0.15) is 24.0 Å². The van der Waals surface area contributed by atoms with Crippen molar-refractivity contribution in [3.05, 3.63) is 65.7 Å². The maximum atomic E-state index is 12.2. The Labute approximate surface area is 143 Å². The molecule has 24 heavy (non-hydrogen) atoms. The summed E-state index contributed by atoms with van der Waals surface area (Å²) in [5.74, 6) is 0.163. The zero-order valence-electron chi connectivity index (χ0n) is 13.9. The van der Waals surface area contributed by atoms with Gasteiger partial charge in [-0.2, -0.15) is 0 Å². The summed E-state index contributed by atoms with van der Waals surface area (Å²) in [6.45, 7) is 3.23. The lowest BCUT2D eigenvalue weighted by Gasteiger charge is -2.20. The number of para-hydroxylation sites is 1. The molecule has 0 atom stereocenters. The van der Waals surface area contributed by atoms with Crippen molar-refractivity contribution in [1.29, 1.82) is 0 Å². The van der Waals surface area contributed by atoms with Crippen molar-refractivity contribution in [2.75, 3.05) is 25.0 Å². The molecular formula is C20H24N2O2. The highest BCUT2D eigenvalue weighted by Crippen LogP contribution is 2.20. The molecule has 1 heterocycles. The van der Waals surface area contributed by atoms with Crippen molar-refractivity contribution in [3.8, 4) is 0 Å². The summed E-state index contributed by atoms with van der Waals surface area (Å²) in [4.78, 5) is 14.2. The lowest BCUT2D eigenvalue weighted by molar-refractivity contribution is -0.129. The summed E-state index contributed by atoms with van der Waals surface area (Å²) < 4.78 is 5.70. The molecule has 0 fully saturated rings. The fraction of sp³-hybridized carbons (Fsp3) is 0.350. The summed E-state index contributed by atoms with van der Waals surface area (Å²) in [6, 6.07) is 18.3. The van der Waals surface area contributed by atoms with Crippen LogP contribution in [0, 0.1) is 0 Å². The van der Waals surface area contributed by atoms with Crippen LogP contribution >= 0.6 is 0 Å². The highest BCUT2D eigenvalue weighted by molar-refractivity contribution is 5.82. The van der Waals surface area contributed by atoms with E-state index in [9.17, 15) is 4.79 Å². The van der Waals surface area contributed by atoms with Crippen molar-refractivity contribution in [2.45, 2.75) is 26.0 Å². The Morgan fingerprint density at radius 1 is 1.00 bits per heavy atom. The molecule has 0 radical (unpaired) electrons. The smallest absolute Gasteiger partial charge is 0.242 e. The minimum atomic E-state index is 0.163. The molecule has 2 aromatic carbocycles. The molecule has 126 valence electrons. The highest BCUT2D eigenvalue weighted by Gasteiger charge is 2.18. The molecule has 1 aliphatic heterocycles. The van der Waals surface area contributed by atoms with Crippen molar-refractivity contribution >= 4 is 11.6 Å². The average Bonchev–Trinajstić information content (AvgIpc) is 2.78. The minimum Gasteiger partial charge on any atom is -0.377 e. The van der Waals surface area contributed by atoms with Crippen LogP contribution in [0.4, 0.5) is 5.69 Å². The van der Waals surface area contributed by atoms with Gasteiger partial charge in [0.1, 0.15) is 0 Å². The number of benzene rings is 2. The number of hydrogen-bond donors (Lipinski definition) is 1. The number of fused-ring (bicyclic) bond motifs is 1. The molecule has 3 rings (SSSR count). The molecule has 4 heteroatoms. The van der Waals surface area contributed by atoms with E-state index in [4.69, 9.17) is 4.74 Å². The van der Waals surface area contributed by atoms with Crippen LogP contribution < -0.4 is 5.32 Å². The van der Waals surface area contributed by atoms with Gasteiger partial charge in [0.2, 0.25) is 5.91 Å². The van der Waals surface area contributed by atoms with Gasteiger partial charge in [0.15, 0.2) is 0 Å². The quantitative estimate of drug-likeness (QED) is 0.793. The van der Waals surface area contributed by atoms with Crippen molar-refractivity contribution in [3.63, 3.8) is 0 Å². The summed E-state index contributed by atoms with van der Waals surface area (Å²) in [6.07, 6.45) is 1.92. The predicted molar refractivity (Wildman–Crippen MR) is 95.7 cm³/mol. The monoisotopic (exact) mass is 324 g/mol. The third-order valence-electron chi connectivity index (χ3n) is 4.24. The number of ether oxygens (including phenoxy) is 1. The molecule has 0 unspecified atom stereocenters. The van der Waals surface area contributed by atoms with Gasteiger partial charge < -0.3 is 15.0 Å². The molecule has 0 saturated carbocycles. The van der Waals surface area contributed by atoms with Gasteiger partial charge in [-0.05, 0) is 30.0 Å². The second kappa shape index (κ2) is 8.50. The van der Waals surface area contributed by atoms with Crippen LogP contribution in [0.25, 0.3) is 0 Å². The Morgan fingerprint density at radius 2 is 1.79 bits per heavy atom. The van der Waals surface area contributed by atoms with Crippen LogP contribution in [0.15, 0.2) is 54.6 Å². The van der Waals surface area contributed by atoms with Crippen LogP contribution in [0.2, 0.25) is 0 Å². The van der Waals surface area contributed by atoms with Crippen LogP contribution in [0.5, 0.6) is 0 Å². The van der Waals surface area contributed by atoms with Crippen molar-refractivity contribution in [2.24, 2.45) is 0 Å². The van der Waals surface area contributed by atoms with E-state index in [1.807, 2.05) is 41.3 Å². The Kier molecular flexibility index (Phi) is 5.85. The van der Waals surface area contributed by atoms with Gasteiger partial charge in [0.05, 0.1) is 13.2 Å². The maximum absolute atomic E-state index is 12.2. The number of nitrogens with zero attached hydrogens (tertiary/aromatic N) is 1. The average molecular weight is 324 g/mol. The van der Waals surface area contributed by atoms with E-state index in [1.54, 1.807) is 0 Å². The summed E-state index contributed by atoms with van der Waals surface area (Å²) in [5, 5.41) is 3.22. The van der Waals surface area contributed by atoms with Gasteiger partial charge >= 0.3 is 0 Å². The van der Waals surface area contributed by atoms with Gasteiger partial charge in [0.25, 0.3) is 0 Å². The van der Waals surface area contributed by atoms with E-state index in [0.29, 0.717) is 19.7 Å². The fourth-order valence-corrected chi connectivity index (χ4v) is 2.88. The zero-order valence-corrected chi connectivity index (χ0v) is 13.9. The van der Waals surface area contributed by atoms with Gasteiger partial charge in [-0.3, -0.25) is 4.79 Å². The first-order chi connectivity index (χ1) is 11.8. The summed E-state index contributed by atoms with van der Waals surface area (Å²) >= 11 is 0. The SMILES string of the molecule is O=C1CNc2ccccc2CN1CCCCOCc1ccccc1. The Balaban J connectivity index is 1.39. The third-order valence-corrected chi connectivity index (χ3v) is 4.24. The standard InChI is InChI=1S/C20H24N2O2/c23-20-14-21-19-11-5-4-10-18(19)15-22(20)12-6-7-13-24-16-17-8-2-1-3-9-17/h1-5,8-11,21H,6-7,12-16H2. The molecule has 1 amide bonds. The predicted octanol–water partition coefficient (Wildman–Crippen LogP) is 3.44. The summed E-state index contributed by atoms with van der Waals surface area (Å²) in [5.41, 5.74) is 3.45. The fourth-order valence-electron chi connectivity index (χ4n) is 2.88. The zero-order chi connectivity index (χ0) is 16.6. The number of unbranched alkanes of at least 4 members (excludes halogenated alkanes) is 1. The second-order valence-electron chi connectivity index (χ2n) is 6.07. The van der Waals surface area contributed by atoms with E-state index in [1.165, 1.54) is 11.1 Å². The Hall–Kier alpha value is -2.33. The first-order valence-electron chi connectivity index (χ1n) is 8.54. The molecule has 0 saturated heterocycles. The number of rotatable bonds is 7. The molecule has 0 bridgehead atoms. The molecular weight excluding hydrogens is 300 g/mol. The third kappa shape index (κ3) is 4.59. The van der Waals surface area contributed by atoms with E-state index in [2.05, 4.69) is 23.5 Å². The Morgan fingerprint density at radius 3 is 2.67 bits per heavy atom. The van der Waals surface area contributed by atoms with E-state index in [0.717, 1.165) is 31.7 Å². The van der Waals surface area contributed by atoms with E-state index in [-0.39, 0.29) is 5.91 Å². The molecule has 1 N–H and O–H groups in total. The molecule has 1 aliphatic rings. The van der Waals surface area contributed by atoms with Crippen LogP contribution in [-0.4, -0.2) is 30.5 Å². The van der Waals surface area contributed by atoms with Gasteiger partial charge in [-0.25, -0.2) is 0 Å². The lowest BCUT2D eigenvalue weighted by Crippen LogP contribution is -2.33. The number of nitrogens with one attached hydrogen (secondary N) is 1. The maximum Gasteiger partial charge on any atom is 0.242 e. The summed E-state index contributed by atoms with van der Waals surface area (Å²) in [7, 11) is 0. The first kappa shape index (κ1) is 16.5. The van der Waals surface area contributed by atoms with E-state index < -0.39 is 0 Å². The normalized spacial score (nSPS) is 14.0. The molecule has 0 aromatic heterocycles. The van der Waals surface area contributed by atoms with Crippen LogP contribution in [0.3, 0.4) is 0 Å². The second-order valence-corrected chi connectivity index (χ2v) is 6.07. The van der Waals surface area contributed by atoms with Crippen molar-refractivity contribution < 1.29 is 9.53 Å². The molecule has 0 aliphatic carbocycles. The molecule has 2 aromatic rings.